The summed E-state index contributed by atoms with van der Waals surface area (Å²) < 4.78 is 0. The van der Waals surface area contributed by atoms with E-state index >= 15 is 0 Å². The molecular formula is C52H46N2. The van der Waals surface area contributed by atoms with E-state index in [1.54, 1.807) is 0 Å². The van der Waals surface area contributed by atoms with E-state index in [1.165, 1.54) is 100 Å². The minimum atomic E-state index is 1.19. The fourth-order valence-corrected chi connectivity index (χ4v) is 8.49. The highest BCUT2D eigenvalue weighted by molar-refractivity contribution is 5.83. The summed E-state index contributed by atoms with van der Waals surface area (Å²) in [7, 11) is 0. The summed E-state index contributed by atoms with van der Waals surface area (Å²) in [6.07, 6.45) is 17.7. The third kappa shape index (κ3) is 6.57. The van der Waals surface area contributed by atoms with E-state index in [0.717, 1.165) is 0 Å². The Labute approximate surface area is 321 Å². The Balaban J connectivity index is 1.03. The van der Waals surface area contributed by atoms with Gasteiger partial charge in [-0.1, -0.05) is 121 Å². The van der Waals surface area contributed by atoms with Gasteiger partial charge in [-0.25, -0.2) is 0 Å². The van der Waals surface area contributed by atoms with Gasteiger partial charge < -0.3 is 9.80 Å². The molecule has 0 fully saturated rings. The number of rotatable bonds is 6. The first-order valence-electron chi connectivity index (χ1n) is 18.8. The molecule has 0 aromatic heterocycles. The first-order valence-corrected chi connectivity index (χ1v) is 18.8. The van der Waals surface area contributed by atoms with Gasteiger partial charge in [-0.15, -0.1) is 0 Å². The van der Waals surface area contributed by atoms with Crippen LogP contribution in [0.1, 0.15) is 33.4 Å². The molecule has 0 amide bonds. The van der Waals surface area contributed by atoms with E-state index < -0.39 is 0 Å². The third-order valence-corrected chi connectivity index (χ3v) is 10.9. The molecule has 6 aromatic carbocycles. The fourth-order valence-electron chi connectivity index (χ4n) is 8.49. The molecule has 2 aliphatic heterocycles. The monoisotopic (exact) mass is 698 g/mol. The van der Waals surface area contributed by atoms with Crippen molar-refractivity contribution < 1.29 is 0 Å². The quantitative estimate of drug-likeness (QED) is 0.171. The summed E-state index contributed by atoms with van der Waals surface area (Å²) in [5.74, 6) is 0. The number of allylic oxidation sites excluding steroid dienone is 6. The molecule has 2 heteroatoms. The molecule has 0 spiro atoms. The van der Waals surface area contributed by atoms with Gasteiger partial charge in [0.1, 0.15) is 0 Å². The van der Waals surface area contributed by atoms with Crippen LogP contribution in [0.2, 0.25) is 0 Å². The number of hydrogen-bond acceptors (Lipinski definition) is 2. The lowest BCUT2D eigenvalue weighted by molar-refractivity contribution is 1.17. The summed E-state index contributed by atoms with van der Waals surface area (Å²) in [5.41, 5.74) is 22.6. The predicted octanol–water partition coefficient (Wildman–Crippen LogP) is 13.9. The Hall–Kier alpha value is -6.38. The summed E-state index contributed by atoms with van der Waals surface area (Å²) in [4.78, 5) is 4.54. The van der Waals surface area contributed by atoms with E-state index in [4.69, 9.17) is 0 Å². The van der Waals surface area contributed by atoms with Gasteiger partial charge in [-0.3, -0.25) is 0 Å². The number of hydrogen-bond donors (Lipinski definition) is 0. The highest BCUT2D eigenvalue weighted by Crippen LogP contribution is 2.40. The maximum Gasteiger partial charge on any atom is 0.0514 e. The van der Waals surface area contributed by atoms with Crippen LogP contribution in [0.3, 0.4) is 0 Å². The smallest absolute Gasteiger partial charge is 0.0514 e. The molecule has 0 N–H and O–H groups in total. The van der Waals surface area contributed by atoms with Crippen molar-refractivity contribution in [3.8, 4) is 44.5 Å². The minimum absolute atomic E-state index is 1.19. The van der Waals surface area contributed by atoms with Crippen molar-refractivity contribution in [2.45, 2.75) is 41.5 Å². The van der Waals surface area contributed by atoms with Gasteiger partial charge in [0.2, 0.25) is 0 Å². The molecule has 0 bridgehead atoms. The van der Waals surface area contributed by atoms with Gasteiger partial charge in [-0.2, -0.15) is 0 Å². The van der Waals surface area contributed by atoms with E-state index in [-0.39, 0.29) is 0 Å². The summed E-state index contributed by atoms with van der Waals surface area (Å²) in [6, 6.07) is 43.8. The standard InChI is InChI=1S/C52H46N2/c1-35-33-37(3)51(39(5)49(35)47-21-17-43(18-22-47)41-13-9-7-10-14-41)53-29-25-45(26-30-53)46-27-31-54(32-28-46)52-38(4)34-36(2)50(40(52)6)48-23-19-44(20-24-48)42-15-11-8-12-16-42/h7-34H,1-6H3. The van der Waals surface area contributed by atoms with Gasteiger partial charge in [0, 0.05) is 24.8 Å². The second-order valence-corrected chi connectivity index (χ2v) is 14.6. The second kappa shape index (κ2) is 14.6. The van der Waals surface area contributed by atoms with Crippen molar-refractivity contribution in [3.05, 3.63) is 215 Å². The highest BCUT2D eigenvalue weighted by atomic mass is 15.1. The van der Waals surface area contributed by atoms with Crippen molar-refractivity contribution in [1.29, 1.82) is 0 Å². The fraction of sp³-hybridized carbons (Fsp3) is 0.115. The van der Waals surface area contributed by atoms with Crippen LogP contribution in [0.5, 0.6) is 0 Å². The molecule has 0 atom stereocenters. The van der Waals surface area contributed by atoms with Crippen LogP contribution in [-0.4, -0.2) is 0 Å². The summed E-state index contributed by atoms with van der Waals surface area (Å²) >= 11 is 0. The lowest BCUT2D eigenvalue weighted by atomic mass is 9.90. The van der Waals surface area contributed by atoms with Crippen molar-refractivity contribution in [1.82, 2.24) is 0 Å². The van der Waals surface area contributed by atoms with Crippen LogP contribution in [0.15, 0.2) is 182 Å². The zero-order valence-electron chi connectivity index (χ0n) is 32.1. The van der Waals surface area contributed by atoms with Crippen LogP contribution in [0, 0.1) is 41.5 Å². The average molecular weight is 699 g/mol. The molecular weight excluding hydrogens is 653 g/mol. The molecule has 0 saturated carbocycles. The molecule has 8 rings (SSSR count). The van der Waals surface area contributed by atoms with E-state index in [1.807, 2.05) is 0 Å². The molecule has 54 heavy (non-hydrogen) atoms. The Morgan fingerprint density at radius 3 is 0.944 bits per heavy atom. The van der Waals surface area contributed by atoms with Gasteiger partial charge >= 0.3 is 0 Å². The van der Waals surface area contributed by atoms with Crippen LogP contribution in [0.25, 0.3) is 44.5 Å². The normalized spacial score (nSPS) is 13.7. The number of benzene rings is 6. The number of nitrogens with zero attached hydrogens (tertiary/aromatic N) is 2. The zero-order chi connectivity index (χ0) is 37.3. The topological polar surface area (TPSA) is 6.48 Å². The van der Waals surface area contributed by atoms with Gasteiger partial charge in [0.05, 0.1) is 11.4 Å². The van der Waals surface area contributed by atoms with Crippen molar-refractivity contribution in [3.63, 3.8) is 0 Å². The maximum atomic E-state index is 2.32. The Kier molecular flexibility index (Phi) is 9.36. The summed E-state index contributed by atoms with van der Waals surface area (Å²) in [5, 5.41) is 0. The van der Waals surface area contributed by atoms with E-state index in [2.05, 4.69) is 222 Å². The van der Waals surface area contributed by atoms with Crippen molar-refractivity contribution in [2.24, 2.45) is 0 Å². The largest absolute Gasteiger partial charge is 0.323 e. The number of anilines is 2. The van der Waals surface area contributed by atoms with Crippen LogP contribution >= 0.6 is 0 Å². The Morgan fingerprint density at radius 1 is 0.315 bits per heavy atom. The van der Waals surface area contributed by atoms with Crippen LogP contribution in [-0.2, 0) is 0 Å². The van der Waals surface area contributed by atoms with Crippen LogP contribution < -0.4 is 9.80 Å². The second-order valence-electron chi connectivity index (χ2n) is 14.6. The predicted molar refractivity (Wildman–Crippen MR) is 232 cm³/mol. The maximum absolute atomic E-state index is 2.32. The Bertz CT molecular complexity index is 2300. The SMILES string of the molecule is Cc1cc(C)c(N2C=CC(=C3C=CN(c4c(C)cc(C)c(-c5ccc(-c6ccccc6)cc5)c4C)C=C3)C=C2)c(C)c1-c1ccc(-c2ccccc2)cc1. The van der Waals surface area contributed by atoms with Gasteiger partial charge in [0.25, 0.3) is 0 Å². The number of aryl methyl sites for hydroxylation is 4. The summed E-state index contributed by atoms with van der Waals surface area (Å²) in [6.45, 7) is 13.4. The van der Waals surface area contributed by atoms with Crippen LogP contribution in [0.4, 0.5) is 11.4 Å². The molecule has 2 nitrogen and oxygen atoms in total. The molecule has 0 radical (unpaired) electrons. The minimum Gasteiger partial charge on any atom is -0.323 e. The molecule has 0 unspecified atom stereocenters. The lowest BCUT2D eigenvalue weighted by Crippen LogP contribution is -2.15. The molecule has 2 heterocycles. The molecule has 0 aliphatic carbocycles. The van der Waals surface area contributed by atoms with Gasteiger partial charge in [-0.05, 0) is 155 Å². The first-order chi connectivity index (χ1) is 26.3. The van der Waals surface area contributed by atoms with E-state index in [9.17, 15) is 0 Å². The lowest BCUT2D eigenvalue weighted by Gasteiger charge is -2.28. The highest BCUT2D eigenvalue weighted by Gasteiger charge is 2.20. The zero-order valence-corrected chi connectivity index (χ0v) is 32.1. The van der Waals surface area contributed by atoms with Crippen molar-refractivity contribution >= 4 is 11.4 Å². The Morgan fingerprint density at radius 2 is 0.611 bits per heavy atom. The first kappa shape index (κ1) is 34.7. The molecule has 264 valence electrons. The molecule has 6 aromatic rings. The van der Waals surface area contributed by atoms with Gasteiger partial charge in [0.15, 0.2) is 0 Å². The van der Waals surface area contributed by atoms with E-state index in [0.29, 0.717) is 0 Å². The third-order valence-electron chi connectivity index (χ3n) is 10.9. The molecule has 0 saturated heterocycles. The average Bonchev–Trinajstić information content (AvgIpc) is 3.19. The molecule has 2 aliphatic rings. The van der Waals surface area contributed by atoms with Crippen molar-refractivity contribution in [2.75, 3.05) is 9.80 Å².